The summed E-state index contributed by atoms with van der Waals surface area (Å²) in [5.41, 5.74) is 5.85. The van der Waals surface area contributed by atoms with E-state index in [1.54, 1.807) is 0 Å². The van der Waals surface area contributed by atoms with E-state index in [4.69, 9.17) is 0 Å². The van der Waals surface area contributed by atoms with Crippen LogP contribution in [0.4, 0.5) is 0 Å². The maximum Gasteiger partial charge on any atom is 0.238 e. The van der Waals surface area contributed by atoms with Gasteiger partial charge in [0.15, 0.2) is 0 Å². The number of piperidine rings is 1. The second-order valence-corrected chi connectivity index (χ2v) is 8.92. The number of rotatable bonds is 8. The molecule has 0 spiro atoms. The van der Waals surface area contributed by atoms with Crippen molar-refractivity contribution in [3.05, 3.63) is 0 Å². The molecule has 4 aliphatic rings. The Morgan fingerprint density at radius 2 is 1.83 bits per heavy atom. The molecule has 3 heterocycles. The third kappa shape index (κ3) is 5.46. The first kappa shape index (κ1) is 21.0. The minimum absolute atomic E-state index is 0.0248. The standard InChI is InChI=1S/C20H37N7O2/c28-17(9-8-16-24-14-6-1-2-7-15(14)25-16)21-11-4-12-23-19-18-13(5-3-10-22-18)20(29)27-26-19/h13-16,18-19,22-26H,1-12H2,(H,21,28)(H,27,29). The Morgan fingerprint density at radius 3 is 2.62 bits per heavy atom. The van der Waals surface area contributed by atoms with Gasteiger partial charge in [0.2, 0.25) is 11.8 Å². The van der Waals surface area contributed by atoms with Crippen molar-refractivity contribution >= 4 is 11.8 Å². The van der Waals surface area contributed by atoms with Crippen molar-refractivity contribution in [3.8, 4) is 0 Å². The largest absolute Gasteiger partial charge is 0.356 e. The maximum absolute atomic E-state index is 12.1. The number of hydrogen-bond acceptors (Lipinski definition) is 7. The van der Waals surface area contributed by atoms with Crippen molar-refractivity contribution in [3.63, 3.8) is 0 Å². The number of fused-ring (bicyclic) bond motifs is 2. The van der Waals surface area contributed by atoms with Gasteiger partial charge in [-0.05, 0) is 51.6 Å². The summed E-state index contributed by atoms with van der Waals surface area (Å²) in [5.74, 6) is 0.238. The van der Waals surface area contributed by atoms with Crippen LogP contribution in [0.1, 0.15) is 57.8 Å². The highest BCUT2D eigenvalue weighted by Gasteiger charge is 2.39. The minimum Gasteiger partial charge on any atom is -0.356 e. The number of amides is 2. The molecule has 4 fully saturated rings. The topological polar surface area (TPSA) is 118 Å². The fraction of sp³-hybridized carbons (Fsp3) is 0.900. The number of hydrogen-bond donors (Lipinski definition) is 7. The zero-order chi connectivity index (χ0) is 20.1. The van der Waals surface area contributed by atoms with E-state index in [1.165, 1.54) is 25.7 Å². The number of carbonyl (C=O) groups is 2. The summed E-state index contributed by atoms with van der Waals surface area (Å²) in [4.78, 5) is 24.1. The van der Waals surface area contributed by atoms with E-state index in [9.17, 15) is 9.59 Å². The van der Waals surface area contributed by atoms with Gasteiger partial charge in [-0.25, -0.2) is 5.43 Å². The second kappa shape index (κ2) is 10.2. The summed E-state index contributed by atoms with van der Waals surface area (Å²) in [6, 6.07) is 1.32. The molecule has 5 unspecified atom stereocenters. The Bertz CT molecular complexity index is 561. The van der Waals surface area contributed by atoms with Gasteiger partial charge in [0.1, 0.15) is 0 Å². The first-order valence-corrected chi connectivity index (χ1v) is 11.5. The summed E-state index contributed by atoms with van der Waals surface area (Å²) in [7, 11) is 0. The molecule has 4 rings (SSSR count). The maximum atomic E-state index is 12.1. The first-order valence-electron chi connectivity index (χ1n) is 11.5. The summed E-state index contributed by atoms with van der Waals surface area (Å²) < 4.78 is 0. The summed E-state index contributed by atoms with van der Waals surface area (Å²) >= 11 is 0. The van der Waals surface area contributed by atoms with Crippen molar-refractivity contribution in [2.75, 3.05) is 19.6 Å². The van der Waals surface area contributed by atoms with Crippen LogP contribution in [-0.2, 0) is 9.59 Å². The molecule has 9 nitrogen and oxygen atoms in total. The molecule has 0 radical (unpaired) electrons. The molecule has 0 aromatic carbocycles. The van der Waals surface area contributed by atoms with Gasteiger partial charge in [-0.2, -0.15) is 0 Å². The Labute approximate surface area is 173 Å². The average molecular weight is 408 g/mol. The van der Waals surface area contributed by atoms with E-state index in [0.717, 1.165) is 38.8 Å². The van der Waals surface area contributed by atoms with E-state index in [-0.39, 0.29) is 36.1 Å². The van der Waals surface area contributed by atoms with Crippen LogP contribution in [0.25, 0.3) is 0 Å². The van der Waals surface area contributed by atoms with Crippen molar-refractivity contribution in [1.29, 1.82) is 0 Å². The highest BCUT2D eigenvalue weighted by Crippen LogP contribution is 2.24. The second-order valence-electron chi connectivity index (χ2n) is 8.92. The lowest BCUT2D eigenvalue weighted by Gasteiger charge is -2.42. The highest BCUT2D eigenvalue weighted by molar-refractivity contribution is 5.80. The summed E-state index contributed by atoms with van der Waals surface area (Å²) in [5, 5.41) is 17.2. The zero-order valence-electron chi connectivity index (χ0n) is 17.3. The quantitative estimate of drug-likeness (QED) is 0.259. The SMILES string of the molecule is O=C(CCC1NC2CCCCC2N1)NCCCNC1NNC(=O)C2CCCNC12. The third-order valence-electron chi connectivity index (χ3n) is 6.85. The Morgan fingerprint density at radius 1 is 1.03 bits per heavy atom. The van der Waals surface area contributed by atoms with E-state index in [2.05, 4.69) is 37.4 Å². The van der Waals surface area contributed by atoms with Gasteiger partial charge in [0.05, 0.1) is 18.2 Å². The molecule has 3 aliphatic heterocycles. The molecule has 164 valence electrons. The lowest BCUT2D eigenvalue weighted by molar-refractivity contribution is -0.131. The van der Waals surface area contributed by atoms with Crippen molar-refractivity contribution in [2.45, 2.75) is 88.2 Å². The molecule has 2 amide bonds. The van der Waals surface area contributed by atoms with Gasteiger partial charge in [0.25, 0.3) is 0 Å². The molecule has 3 saturated heterocycles. The Kier molecular flexibility index (Phi) is 7.36. The van der Waals surface area contributed by atoms with E-state index < -0.39 is 0 Å². The Balaban J connectivity index is 1.07. The lowest BCUT2D eigenvalue weighted by atomic mass is 9.87. The first-order chi connectivity index (χ1) is 14.2. The van der Waals surface area contributed by atoms with Crippen LogP contribution in [0.2, 0.25) is 0 Å². The van der Waals surface area contributed by atoms with E-state index in [1.807, 2.05) is 0 Å². The van der Waals surface area contributed by atoms with Crippen LogP contribution in [-0.4, -0.2) is 61.9 Å². The van der Waals surface area contributed by atoms with Gasteiger partial charge in [-0.3, -0.25) is 31.0 Å². The molecular weight excluding hydrogens is 370 g/mol. The van der Waals surface area contributed by atoms with Crippen LogP contribution < -0.4 is 37.4 Å². The van der Waals surface area contributed by atoms with Gasteiger partial charge in [0, 0.05) is 31.1 Å². The minimum atomic E-state index is 0.0248. The van der Waals surface area contributed by atoms with Crippen molar-refractivity contribution in [2.24, 2.45) is 5.92 Å². The molecule has 5 atom stereocenters. The Hall–Kier alpha value is -1.26. The summed E-state index contributed by atoms with van der Waals surface area (Å²) in [6.45, 7) is 2.41. The lowest BCUT2D eigenvalue weighted by Crippen LogP contribution is -2.71. The molecule has 1 aliphatic carbocycles. The van der Waals surface area contributed by atoms with E-state index >= 15 is 0 Å². The van der Waals surface area contributed by atoms with Gasteiger partial charge < -0.3 is 10.6 Å². The van der Waals surface area contributed by atoms with E-state index in [0.29, 0.717) is 25.0 Å². The molecular formula is C20H37N7O2. The molecule has 0 aromatic rings. The molecule has 0 aromatic heterocycles. The third-order valence-corrected chi connectivity index (χ3v) is 6.85. The molecule has 1 saturated carbocycles. The normalized spacial score (nSPS) is 36.8. The highest BCUT2D eigenvalue weighted by atomic mass is 16.2. The number of hydrazine groups is 1. The fourth-order valence-electron chi connectivity index (χ4n) is 5.27. The zero-order valence-corrected chi connectivity index (χ0v) is 17.3. The van der Waals surface area contributed by atoms with Crippen molar-refractivity contribution < 1.29 is 9.59 Å². The van der Waals surface area contributed by atoms with Crippen LogP contribution in [0.5, 0.6) is 0 Å². The molecule has 7 N–H and O–H groups in total. The monoisotopic (exact) mass is 407 g/mol. The fourth-order valence-corrected chi connectivity index (χ4v) is 5.27. The summed E-state index contributed by atoms with van der Waals surface area (Å²) in [6.07, 6.45) is 9.68. The predicted octanol–water partition coefficient (Wildman–Crippen LogP) is -0.979. The molecule has 0 bridgehead atoms. The van der Waals surface area contributed by atoms with Crippen molar-refractivity contribution in [1.82, 2.24) is 37.4 Å². The van der Waals surface area contributed by atoms with Gasteiger partial charge in [-0.15, -0.1) is 0 Å². The number of carbonyl (C=O) groups excluding carboxylic acids is 2. The molecule has 9 heteroatoms. The number of nitrogens with one attached hydrogen (secondary N) is 7. The van der Waals surface area contributed by atoms with Crippen LogP contribution in [0.3, 0.4) is 0 Å². The van der Waals surface area contributed by atoms with Gasteiger partial charge >= 0.3 is 0 Å². The van der Waals surface area contributed by atoms with Crippen LogP contribution in [0.15, 0.2) is 0 Å². The average Bonchev–Trinajstić information content (AvgIpc) is 3.17. The predicted molar refractivity (Wildman–Crippen MR) is 111 cm³/mol. The van der Waals surface area contributed by atoms with Gasteiger partial charge in [-0.1, -0.05) is 12.8 Å². The smallest absolute Gasteiger partial charge is 0.238 e. The van der Waals surface area contributed by atoms with Crippen LogP contribution in [0, 0.1) is 5.92 Å². The van der Waals surface area contributed by atoms with Crippen LogP contribution >= 0.6 is 0 Å². The molecule has 29 heavy (non-hydrogen) atoms.